The van der Waals surface area contributed by atoms with Gasteiger partial charge in [0.2, 0.25) is 0 Å². The Kier molecular flexibility index (Phi) is 39.7. The van der Waals surface area contributed by atoms with Crippen LogP contribution in [0.2, 0.25) is 12.6 Å². The number of hydrogen-bond acceptors (Lipinski definition) is 4. The molecule has 0 heterocycles. The van der Waals surface area contributed by atoms with Gasteiger partial charge >= 0.3 is 8.56 Å². The molecule has 5 heteroatoms. The van der Waals surface area contributed by atoms with Crippen LogP contribution in [-0.4, -0.2) is 20.5 Å². The quantitative estimate of drug-likeness (QED) is 0.0462. The minimum atomic E-state index is -2.87. The average molecular weight is 737 g/mol. The van der Waals surface area contributed by atoms with Crippen molar-refractivity contribution in [3.63, 3.8) is 0 Å². The van der Waals surface area contributed by atoms with Gasteiger partial charge in [-0.25, -0.2) is 0 Å². The lowest BCUT2D eigenvalue weighted by atomic mass is 10.0. The maximum absolute atomic E-state index is 12.9. The highest BCUT2D eigenvalue weighted by molar-refractivity contribution is 6.69. The Morgan fingerprint density at radius 1 is 0.314 bits per heavy atom. The second-order valence-corrected chi connectivity index (χ2v) is 19.5. The standard InChI is InChI=1S/C46H92O4Si/c1-5-8-11-14-17-19-21-23-25-27-29-31-33-36-39-42-45(47)49-51(4,44-41-38-35-16-13-10-7-3)50-46(48)43-40-37-34-32-30-28-26-24-22-20-18-15-12-9-6-2/h5-44H2,1-4H3. The highest BCUT2D eigenvalue weighted by atomic mass is 28.4. The van der Waals surface area contributed by atoms with Crippen LogP contribution in [0.3, 0.4) is 0 Å². The molecule has 0 spiro atoms. The molecule has 0 N–H and O–H groups in total. The Bertz CT molecular complexity index is 678. The summed E-state index contributed by atoms with van der Waals surface area (Å²) in [5.74, 6) is -0.303. The second kappa shape index (κ2) is 40.3. The van der Waals surface area contributed by atoms with Gasteiger partial charge in [-0.2, -0.15) is 0 Å². The Hall–Kier alpha value is -0.843. The van der Waals surface area contributed by atoms with Crippen LogP contribution >= 0.6 is 0 Å². The van der Waals surface area contributed by atoms with Crippen molar-refractivity contribution in [1.82, 2.24) is 0 Å². The van der Waals surface area contributed by atoms with Crippen LogP contribution in [-0.2, 0) is 18.4 Å². The van der Waals surface area contributed by atoms with E-state index in [9.17, 15) is 9.59 Å². The number of unbranched alkanes of at least 4 members (excludes halogenated alkanes) is 34. The van der Waals surface area contributed by atoms with Crippen LogP contribution in [0.5, 0.6) is 0 Å². The zero-order chi connectivity index (χ0) is 37.4. The van der Waals surface area contributed by atoms with Gasteiger partial charge in [-0.15, -0.1) is 0 Å². The van der Waals surface area contributed by atoms with E-state index in [1.807, 2.05) is 6.55 Å². The summed E-state index contributed by atoms with van der Waals surface area (Å²) >= 11 is 0. The smallest absolute Gasteiger partial charge is 0.461 e. The van der Waals surface area contributed by atoms with E-state index in [1.165, 1.54) is 199 Å². The molecule has 0 saturated heterocycles. The SMILES string of the molecule is CCCCCCCCCCCCCCCCCC(=O)O[Si](C)(CCCCCCCCC)OC(=O)CCCCCCCCCCCCCCCCC. The summed E-state index contributed by atoms with van der Waals surface area (Å²) in [5, 5.41) is 0. The first-order chi connectivity index (χ1) is 25.0. The lowest BCUT2D eigenvalue weighted by molar-refractivity contribution is -0.141. The molecular formula is C46H92O4Si. The van der Waals surface area contributed by atoms with Crippen molar-refractivity contribution in [1.29, 1.82) is 0 Å². The number of carbonyl (C=O) groups excluding carboxylic acids is 2. The first kappa shape index (κ1) is 50.2. The van der Waals surface area contributed by atoms with Gasteiger partial charge in [-0.05, 0) is 19.3 Å². The molecule has 51 heavy (non-hydrogen) atoms. The molecule has 0 aromatic carbocycles. The summed E-state index contributed by atoms with van der Waals surface area (Å²) in [6.45, 7) is 8.77. The molecule has 0 aliphatic carbocycles. The molecule has 0 aromatic heterocycles. The lowest BCUT2D eigenvalue weighted by Crippen LogP contribution is -2.42. The molecule has 0 saturated carbocycles. The van der Waals surface area contributed by atoms with E-state index in [1.54, 1.807) is 0 Å². The molecule has 0 aliphatic rings. The summed E-state index contributed by atoms with van der Waals surface area (Å²) in [5.41, 5.74) is 0. The predicted molar refractivity (Wildman–Crippen MR) is 226 cm³/mol. The Labute approximate surface area is 321 Å². The third kappa shape index (κ3) is 38.7. The van der Waals surface area contributed by atoms with Gasteiger partial charge in [0.1, 0.15) is 0 Å². The molecule has 0 unspecified atom stereocenters. The van der Waals surface area contributed by atoms with Crippen molar-refractivity contribution in [2.75, 3.05) is 0 Å². The number of hydrogen-bond donors (Lipinski definition) is 0. The molecule has 0 amide bonds. The van der Waals surface area contributed by atoms with Crippen LogP contribution in [0, 0.1) is 0 Å². The summed E-state index contributed by atoms with van der Waals surface area (Å²) in [6.07, 6.45) is 48.8. The fourth-order valence-corrected chi connectivity index (χ4v) is 9.70. The van der Waals surface area contributed by atoms with Crippen LogP contribution in [0.25, 0.3) is 0 Å². The van der Waals surface area contributed by atoms with Crippen molar-refractivity contribution in [2.24, 2.45) is 0 Å². The fraction of sp³-hybridized carbons (Fsp3) is 0.957. The predicted octanol–water partition coefficient (Wildman–Crippen LogP) is 16.4. The van der Waals surface area contributed by atoms with Crippen LogP contribution < -0.4 is 0 Å². The Morgan fingerprint density at radius 2 is 0.510 bits per heavy atom. The van der Waals surface area contributed by atoms with Crippen molar-refractivity contribution < 1.29 is 18.4 Å². The molecule has 4 nitrogen and oxygen atoms in total. The van der Waals surface area contributed by atoms with E-state index in [0.29, 0.717) is 12.8 Å². The van der Waals surface area contributed by atoms with E-state index >= 15 is 0 Å². The summed E-state index contributed by atoms with van der Waals surface area (Å²) in [6, 6.07) is 0.732. The monoisotopic (exact) mass is 737 g/mol. The van der Waals surface area contributed by atoms with Gasteiger partial charge in [0.25, 0.3) is 11.9 Å². The topological polar surface area (TPSA) is 52.6 Å². The van der Waals surface area contributed by atoms with E-state index < -0.39 is 8.56 Å². The first-order valence-electron chi connectivity index (χ1n) is 23.4. The average Bonchev–Trinajstić information content (AvgIpc) is 3.11. The van der Waals surface area contributed by atoms with Gasteiger partial charge in [-0.3, -0.25) is 9.59 Å². The summed E-state index contributed by atoms with van der Waals surface area (Å²) < 4.78 is 12.1. The van der Waals surface area contributed by atoms with E-state index in [2.05, 4.69) is 20.8 Å². The molecule has 0 aromatic rings. The van der Waals surface area contributed by atoms with Gasteiger partial charge in [-0.1, -0.05) is 239 Å². The minimum absolute atomic E-state index is 0.151. The first-order valence-corrected chi connectivity index (χ1v) is 25.9. The summed E-state index contributed by atoms with van der Waals surface area (Å²) in [4.78, 5) is 25.8. The number of carbonyl (C=O) groups is 2. The zero-order valence-electron chi connectivity index (χ0n) is 35.4. The molecule has 0 fully saturated rings. The van der Waals surface area contributed by atoms with Gasteiger partial charge in [0, 0.05) is 25.4 Å². The Balaban J connectivity index is 4.16. The maximum atomic E-state index is 12.9. The number of rotatable bonds is 42. The lowest BCUT2D eigenvalue weighted by Gasteiger charge is -2.26. The van der Waals surface area contributed by atoms with Crippen molar-refractivity contribution in [3.05, 3.63) is 0 Å². The van der Waals surface area contributed by atoms with Crippen LogP contribution in [0.1, 0.15) is 271 Å². The molecule has 0 bridgehead atoms. The van der Waals surface area contributed by atoms with E-state index in [-0.39, 0.29) is 11.9 Å². The van der Waals surface area contributed by atoms with E-state index in [0.717, 1.165) is 44.6 Å². The van der Waals surface area contributed by atoms with Gasteiger partial charge < -0.3 is 8.85 Å². The van der Waals surface area contributed by atoms with Crippen LogP contribution in [0.15, 0.2) is 0 Å². The fourth-order valence-electron chi connectivity index (χ4n) is 7.39. The van der Waals surface area contributed by atoms with E-state index in [4.69, 9.17) is 8.85 Å². The van der Waals surface area contributed by atoms with Crippen molar-refractivity contribution in [3.8, 4) is 0 Å². The zero-order valence-corrected chi connectivity index (χ0v) is 36.4. The third-order valence-corrected chi connectivity index (χ3v) is 13.4. The third-order valence-electron chi connectivity index (χ3n) is 10.9. The molecule has 0 atom stereocenters. The van der Waals surface area contributed by atoms with Gasteiger partial charge in [0.15, 0.2) is 0 Å². The molecular weight excluding hydrogens is 645 g/mol. The maximum Gasteiger partial charge on any atom is 0.461 e. The highest BCUT2D eigenvalue weighted by Crippen LogP contribution is 2.23. The highest BCUT2D eigenvalue weighted by Gasteiger charge is 2.38. The van der Waals surface area contributed by atoms with Crippen molar-refractivity contribution >= 4 is 20.5 Å². The largest absolute Gasteiger partial charge is 0.485 e. The molecule has 0 radical (unpaired) electrons. The Morgan fingerprint density at radius 3 is 0.745 bits per heavy atom. The summed E-state index contributed by atoms with van der Waals surface area (Å²) in [7, 11) is -2.87. The molecule has 0 rings (SSSR count). The minimum Gasteiger partial charge on any atom is -0.485 e. The second-order valence-electron chi connectivity index (χ2n) is 16.4. The van der Waals surface area contributed by atoms with Crippen molar-refractivity contribution in [2.45, 2.75) is 284 Å². The molecule has 0 aliphatic heterocycles. The van der Waals surface area contributed by atoms with Crippen LogP contribution in [0.4, 0.5) is 0 Å². The molecule has 304 valence electrons. The van der Waals surface area contributed by atoms with Gasteiger partial charge in [0.05, 0.1) is 0 Å². The normalized spacial score (nSPS) is 11.7.